The van der Waals surface area contributed by atoms with Crippen LogP contribution in [-0.2, 0) is 15.6 Å². The van der Waals surface area contributed by atoms with Crippen LogP contribution in [0.15, 0.2) is 17.2 Å². The lowest BCUT2D eigenvalue weighted by molar-refractivity contribution is 0.0842. The van der Waals surface area contributed by atoms with Gasteiger partial charge in [-0.2, -0.15) is 0 Å². The molecule has 1 aliphatic carbocycles. The number of aromatic nitrogens is 1. The van der Waals surface area contributed by atoms with E-state index in [1.807, 2.05) is 6.92 Å². The van der Waals surface area contributed by atoms with E-state index in [0.29, 0.717) is 18.8 Å². The van der Waals surface area contributed by atoms with Gasteiger partial charge >= 0.3 is 0 Å². The molecular formula is C14H21ClN2O3S. The Morgan fingerprint density at radius 1 is 1.43 bits per heavy atom. The van der Waals surface area contributed by atoms with Gasteiger partial charge in [0, 0.05) is 30.0 Å². The highest BCUT2D eigenvalue weighted by Crippen LogP contribution is 2.43. The highest BCUT2D eigenvalue weighted by Gasteiger charge is 2.35. The molecule has 1 N–H and O–H groups in total. The van der Waals surface area contributed by atoms with Crippen molar-refractivity contribution in [1.29, 1.82) is 0 Å². The lowest BCUT2D eigenvalue weighted by Crippen LogP contribution is -2.42. The Morgan fingerprint density at radius 3 is 2.52 bits per heavy atom. The molecule has 1 heterocycles. The van der Waals surface area contributed by atoms with Crippen molar-refractivity contribution in [2.75, 3.05) is 6.54 Å². The van der Waals surface area contributed by atoms with Crippen LogP contribution in [0.25, 0.3) is 0 Å². The summed E-state index contributed by atoms with van der Waals surface area (Å²) in [6, 6.07) is 1.33. The fraction of sp³-hybridized carbons (Fsp3) is 0.643. The van der Waals surface area contributed by atoms with E-state index in [1.165, 1.54) is 18.7 Å². The van der Waals surface area contributed by atoms with Gasteiger partial charge < -0.3 is 9.88 Å². The van der Waals surface area contributed by atoms with E-state index in [4.69, 9.17) is 10.7 Å². The van der Waals surface area contributed by atoms with Gasteiger partial charge in [0.25, 0.3) is 15.0 Å². The van der Waals surface area contributed by atoms with E-state index < -0.39 is 9.05 Å². The number of rotatable bonds is 6. The van der Waals surface area contributed by atoms with E-state index in [1.54, 1.807) is 4.57 Å². The molecule has 118 valence electrons. The Kier molecular flexibility index (Phi) is 4.68. The van der Waals surface area contributed by atoms with E-state index in [0.717, 1.165) is 19.3 Å². The number of carbonyl (C=O) groups is 1. The minimum Gasteiger partial charge on any atom is -0.350 e. The van der Waals surface area contributed by atoms with Gasteiger partial charge in [0.1, 0.15) is 10.6 Å². The van der Waals surface area contributed by atoms with E-state index in [2.05, 4.69) is 12.2 Å². The van der Waals surface area contributed by atoms with Crippen LogP contribution in [0, 0.1) is 5.41 Å². The Morgan fingerprint density at radius 2 is 2.10 bits per heavy atom. The van der Waals surface area contributed by atoms with Crippen LogP contribution < -0.4 is 5.32 Å². The van der Waals surface area contributed by atoms with Crippen molar-refractivity contribution in [1.82, 2.24) is 9.88 Å². The van der Waals surface area contributed by atoms with E-state index in [9.17, 15) is 13.2 Å². The van der Waals surface area contributed by atoms with Gasteiger partial charge in [0.15, 0.2) is 0 Å². The van der Waals surface area contributed by atoms with Crippen LogP contribution >= 0.6 is 10.7 Å². The maximum Gasteiger partial charge on any atom is 0.267 e. The van der Waals surface area contributed by atoms with E-state index >= 15 is 0 Å². The first kappa shape index (κ1) is 16.4. The first-order valence-corrected chi connectivity index (χ1v) is 9.55. The normalized spacial score (nSPS) is 17.3. The molecule has 0 radical (unpaired) electrons. The number of nitrogens with zero attached hydrogens (tertiary/aromatic N) is 1. The third kappa shape index (κ3) is 3.43. The predicted molar refractivity (Wildman–Crippen MR) is 82.1 cm³/mol. The molecule has 0 spiro atoms. The molecule has 2 rings (SSSR count). The average molecular weight is 333 g/mol. The average Bonchev–Trinajstić information content (AvgIpc) is 2.81. The summed E-state index contributed by atoms with van der Waals surface area (Å²) in [6.07, 6.45) is 5.93. The third-order valence-corrected chi connectivity index (χ3v) is 5.84. The Labute approximate surface area is 130 Å². The first-order chi connectivity index (χ1) is 9.81. The summed E-state index contributed by atoms with van der Waals surface area (Å²) in [6.45, 7) is 5.13. The van der Waals surface area contributed by atoms with Gasteiger partial charge in [-0.3, -0.25) is 4.79 Å². The zero-order chi connectivity index (χ0) is 15.7. The monoisotopic (exact) mass is 332 g/mol. The molecular weight excluding hydrogens is 312 g/mol. The number of halogens is 1. The van der Waals surface area contributed by atoms with Gasteiger partial charge in [0.2, 0.25) is 0 Å². The molecule has 0 bridgehead atoms. The topological polar surface area (TPSA) is 68.2 Å². The molecule has 0 aromatic carbocycles. The highest BCUT2D eigenvalue weighted by molar-refractivity contribution is 8.13. The largest absolute Gasteiger partial charge is 0.350 e. The summed E-state index contributed by atoms with van der Waals surface area (Å²) in [5.74, 6) is -0.247. The SMILES string of the molecule is CCn1cc(S(=O)(=O)Cl)cc1C(=O)NCC1(CC)CCC1. The van der Waals surface area contributed by atoms with E-state index in [-0.39, 0.29) is 16.2 Å². The third-order valence-electron chi connectivity index (χ3n) is 4.51. The summed E-state index contributed by atoms with van der Waals surface area (Å²) in [4.78, 5) is 12.3. The molecule has 1 saturated carbocycles. The Balaban J connectivity index is 2.13. The molecule has 0 atom stereocenters. The van der Waals surface area contributed by atoms with Crippen LogP contribution in [0.4, 0.5) is 0 Å². The van der Waals surface area contributed by atoms with Gasteiger partial charge in [0.05, 0.1) is 0 Å². The number of carbonyl (C=O) groups excluding carboxylic acids is 1. The number of amides is 1. The number of hydrogen-bond acceptors (Lipinski definition) is 3. The summed E-state index contributed by atoms with van der Waals surface area (Å²) < 4.78 is 24.4. The zero-order valence-corrected chi connectivity index (χ0v) is 13.9. The Bertz CT molecular complexity index is 627. The molecule has 1 aromatic heterocycles. The van der Waals surface area contributed by atoms with Crippen molar-refractivity contribution >= 4 is 25.6 Å². The molecule has 1 aromatic rings. The van der Waals surface area contributed by atoms with Crippen molar-refractivity contribution in [2.45, 2.75) is 51.0 Å². The van der Waals surface area contributed by atoms with Crippen LogP contribution in [0.5, 0.6) is 0 Å². The highest BCUT2D eigenvalue weighted by atomic mass is 35.7. The van der Waals surface area contributed by atoms with Crippen LogP contribution in [-0.4, -0.2) is 25.4 Å². The minimum atomic E-state index is -3.82. The van der Waals surface area contributed by atoms with Gasteiger partial charge in [-0.25, -0.2) is 8.42 Å². The van der Waals surface area contributed by atoms with Crippen molar-refractivity contribution in [3.05, 3.63) is 18.0 Å². The van der Waals surface area contributed by atoms with Crippen LogP contribution in [0.3, 0.4) is 0 Å². The fourth-order valence-corrected chi connectivity index (χ4v) is 3.52. The zero-order valence-electron chi connectivity index (χ0n) is 12.4. The molecule has 1 amide bonds. The van der Waals surface area contributed by atoms with Crippen LogP contribution in [0.2, 0.25) is 0 Å². The first-order valence-electron chi connectivity index (χ1n) is 7.24. The van der Waals surface area contributed by atoms with Gasteiger partial charge in [-0.05, 0) is 37.7 Å². The maximum absolute atomic E-state index is 12.3. The molecule has 1 fully saturated rings. The van der Waals surface area contributed by atoms with Crippen molar-refractivity contribution in [3.63, 3.8) is 0 Å². The molecule has 21 heavy (non-hydrogen) atoms. The summed E-state index contributed by atoms with van der Waals surface area (Å²) in [5.41, 5.74) is 0.558. The lowest BCUT2D eigenvalue weighted by Gasteiger charge is -2.41. The smallest absolute Gasteiger partial charge is 0.267 e. The molecule has 7 heteroatoms. The van der Waals surface area contributed by atoms with Crippen molar-refractivity contribution in [3.8, 4) is 0 Å². The molecule has 1 aliphatic rings. The van der Waals surface area contributed by atoms with Crippen molar-refractivity contribution in [2.24, 2.45) is 5.41 Å². The standard InChI is InChI=1S/C14H21ClN2O3S/c1-3-14(6-5-7-14)10-16-13(18)12-8-11(21(15,19)20)9-17(12)4-2/h8-9H,3-7,10H2,1-2H3,(H,16,18). The van der Waals surface area contributed by atoms with Gasteiger partial charge in [-0.1, -0.05) is 13.3 Å². The van der Waals surface area contributed by atoms with Crippen molar-refractivity contribution < 1.29 is 13.2 Å². The molecule has 5 nitrogen and oxygen atoms in total. The number of nitrogens with one attached hydrogen (secondary N) is 1. The maximum atomic E-state index is 12.3. The van der Waals surface area contributed by atoms with Gasteiger partial charge in [-0.15, -0.1) is 0 Å². The molecule has 0 saturated heterocycles. The predicted octanol–water partition coefficient (Wildman–Crippen LogP) is 2.75. The molecule has 0 unspecified atom stereocenters. The minimum absolute atomic E-state index is 0.0370. The Hall–Kier alpha value is -1.01. The second-order valence-electron chi connectivity index (χ2n) is 5.67. The number of aryl methyl sites for hydroxylation is 1. The van der Waals surface area contributed by atoms with Crippen LogP contribution in [0.1, 0.15) is 50.0 Å². The summed E-state index contributed by atoms with van der Waals surface area (Å²) >= 11 is 0. The lowest BCUT2D eigenvalue weighted by atomic mass is 9.67. The second-order valence-corrected chi connectivity index (χ2v) is 8.24. The number of hydrogen-bond donors (Lipinski definition) is 1. The fourth-order valence-electron chi connectivity index (χ4n) is 2.76. The summed E-state index contributed by atoms with van der Waals surface area (Å²) in [5, 5.41) is 2.93. The summed E-state index contributed by atoms with van der Waals surface area (Å²) in [7, 11) is 1.52. The molecule has 0 aliphatic heterocycles. The quantitative estimate of drug-likeness (QED) is 0.814. The second kappa shape index (κ2) is 6.01.